The summed E-state index contributed by atoms with van der Waals surface area (Å²) in [5.41, 5.74) is 1.30. The number of halogens is 1. The summed E-state index contributed by atoms with van der Waals surface area (Å²) in [6, 6.07) is 3.86. The van der Waals surface area contributed by atoms with E-state index in [9.17, 15) is 0 Å². The van der Waals surface area contributed by atoms with Crippen LogP contribution in [0.15, 0.2) is 27.4 Å². The maximum absolute atomic E-state index is 5.43. The molecule has 0 spiro atoms. The minimum Gasteiger partial charge on any atom is -0.461 e. The Morgan fingerprint density at radius 3 is 3.19 bits per heavy atom. The van der Waals surface area contributed by atoms with Crippen molar-refractivity contribution in [2.45, 2.75) is 26.3 Å². The lowest BCUT2D eigenvalue weighted by molar-refractivity contribution is 0.398. The highest BCUT2D eigenvalue weighted by atomic mass is 79.9. The Balaban J connectivity index is 2.13. The second kappa shape index (κ2) is 3.77. The third-order valence-electron chi connectivity index (χ3n) is 3.13. The largest absolute Gasteiger partial charge is 0.461 e. The smallest absolute Gasteiger partial charge is 0.177 e. The lowest BCUT2D eigenvalue weighted by Gasteiger charge is -2.22. The molecule has 3 rings (SSSR count). The summed E-state index contributed by atoms with van der Waals surface area (Å²) in [5.74, 6) is 2.50. The van der Waals surface area contributed by atoms with Crippen LogP contribution in [-0.4, -0.2) is 9.55 Å². The molecular weight excluding hydrogens is 268 g/mol. The number of nitrogens with zero attached hydrogens (tertiary/aromatic N) is 2. The van der Waals surface area contributed by atoms with E-state index in [1.54, 1.807) is 6.26 Å². The van der Waals surface area contributed by atoms with Crippen LogP contribution in [0, 0.1) is 5.92 Å². The molecule has 4 heteroatoms. The van der Waals surface area contributed by atoms with Gasteiger partial charge in [-0.05, 0) is 46.8 Å². The molecule has 1 unspecified atom stereocenters. The van der Waals surface area contributed by atoms with E-state index in [-0.39, 0.29) is 0 Å². The van der Waals surface area contributed by atoms with Gasteiger partial charge in [0.05, 0.1) is 12.0 Å². The first-order chi connectivity index (χ1) is 7.75. The van der Waals surface area contributed by atoms with Crippen molar-refractivity contribution in [1.82, 2.24) is 9.55 Å². The van der Waals surface area contributed by atoms with Crippen molar-refractivity contribution in [3.63, 3.8) is 0 Å². The first-order valence-corrected chi connectivity index (χ1v) is 6.34. The van der Waals surface area contributed by atoms with Gasteiger partial charge in [0.15, 0.2) is 11.6 Å². The van der Waals surface area contributed by atoms with Gasteiger partial charge in [-0.3, -0.25) is 0 Å². The maximum Gasteiger partial charge on any atom is 0.177 e. The summed E-state index contributed by atoms with van der Waals surface area (Å²) in [6.07, 6.45) is 4.02. The average molecular weight is 281 g/mol. The molecule has 2 aromatic heterocycles. The fourth-order valence-corrected chi connectivity index (χ4v) is 2.85. The number of fused-ring (bicyclic) bond motifs is 1. The monoisotopic (exact) mass is 280 g/mol. The van der Waals surface area contributed by atoms with Gasteiger partial charge in [0, 0.05) is 6.54 Å². The highest BCUT2D eigenvalue weighted by Gasteiger charge is 2.23. The average Bonchev–Trinajstić information content (AvgIpc) is 2.86. The molecule has 1 aliphatic rings. The van der Waals surface area contributed by atoms with Crippen LogP contribution in [0.2, 0.25) is 0 Å². The van der Waals surface area contributed by atoms with Gasteiger partial charge in [-0.1, -0.05) is 6.92 Å². The van der Waals surface area contributed by atoms with Gasteiger partial charge in [-0.25, -0.2) is 4.98 Å². The zero-order valence-electron chi connectivity index (χ0n) is 9.11. The van der Waals surface area contributed by atoms with Gasteiger partial charge in [-0.2, -0.15) is 0 Å². The number of hydrogen-bond donors (Lipinski definition) is 0. The minimum absolute atomic E-state index is 0.710. The number of hydrogen-bond acceptors (Lipinski definition) is 2. The quantitative estimate of drug-likeness (QED) is 0.801. The molecule has 0 amide bonds. The molecule has 16 heavy (non-hydrogen) atoms. The zero-order chi connectivity index (χ0) is 11.1. The second-order valence-electron chi connectivity index (χ2n) is 4.40. The molecular formula is C12H13BrN2O. The van der Waals surface area contributed by atoms with Gasteiger partial charge in [0.2, 0.25) is 0 Å². The normalized spacial score (nSPS) is 19.8. The van der Waals surface area contributed by atoms with Gasteiger partial charge < -0.3 is 8.98 Å². The molecule has 3 nitrogen and oxygen atoms in total. The van der Waals surface area contributed by atoms with Crippen LogP contribution >= 0.6 is 15.9 Å². The fourth-order valence-electron chi connectivity index (χ4n) is 2.27. The zero-order valence-corrected chi connectivity index (χ0v) is 10.7. The second-order valence-corrected chi connectivity index (χ2v) is 5.16. The third kappa shape index (κ3) is 1.52. The standard InChI is InChI=1S/C12H13BrN2O/c1-8-4-5-9-11(13)14-12(15(9)7-8)10-3-2-6-16-10/h2-3,6,8H,4-5,7H2,1H3. The Morgan fingerprint density at radius 2 is 2.44 bits per heavy atom. The maximum atomic E-state index is 5.43. The number of aromatic nitrogens is 2. The molecule has 0 aliphatic carbocycles. The van der Waals surface area contributed by atoms with E-state index in [2.05, 4.69) is 32.4 Å². The molecule has 0 radical (unpaired) electrons. The molecule has 3 heterocycles. The van der Waals surface area contributed by atoms with E-state index in [1.165, 1.54) is 12.1 Å². The van der Waals surface area contributed by atoms with Crippen LogP contribution in [0.4, 0.5) is 0 Å². The predicted molar refractivity (Wildman–Crippen MR) is 65.1 cm³/mol. The molecule has 0 saturated heterocycles. The van der Waals surface area contributed by atoms with E-state index < -0.39 is 0 Å². The van der Waals surface area contributed by atoms with Gasteiger partial charge in [0.25, 0.3) is 0 Å². The van der Waals surface area contributed by atoms with Crippen LogP contribution in [0.3, 0.4) is 0 Å². The first kappa shape index (κ1) is 10.1. The van der Waals surface area contributed by atoms with Crippen LogP contribution < -0.4 is 0 Å². The minimum atomic E-state index is 0.710. The Hall–Kier alpha value is -1.03. The van der Waals surface area contributed by atoms with Crippen molar-refractivity contribution in [2.24, 2.45) is 5.92 Å². The number of rotatable bonds is 1. The van der Waals surface area contributed by atoms with Crippen LogP contribution in [0.25, 0.3) is 11.6 Å². The highest BCUT2D eigenvalue weighted by Crippen LogP contribution is 2.32. The summed E-state index contributed by atoms with van der Waals surface area (Å²) in [6.45, 7) is 3.31. The molecule has 0 fully saturated rings. The lowest BCUT2D eigenvalue weighted by atomic mass is 10.0. The molecule has 0 bridgehead atoms. The molecule has 0 N–H and O–H groups in total. The molecule has 1 atom stereocenters. The van der Waals surface area contributed by atoms with Crippen LogP contribution in [0.5, 0.6) is 0 Å². The van der Waals surface area contributed by atoms with E-state index in [0.29, 0.717) is 5.92 Å². The molecule has 2 aromatic rings. The highest BCUT2D eigenvalue weighted by molar-refractivity contribution is 9.10. The van der Waals surface area contributed by atoms with Gasteiger partial charge >= 0.3 is 0 Å². The summed E-state index contributed by atoms with van der Waals surface area (Å²) in [5, 5.41) is 0. The summed E-state index contributed by atoms with van der Waals surface area (Å²) >= 11 is 3.53. The van der Waals surface area contributed by atoms with Crippen LogP contribution in [0.1, 0.15) is 19.0 Å². The SMILES string of the molecule is CC1CCc2c(Br)nc(-c3ccco3)n2C1. The Kier molecular flexibility index (Phi) is 2.39. The van der Waals surface area contributed by atoms with Crippen molar-refractivity contribution < 1.29 is 4.42 Å². The predicted octanol–water partition coefficient (Wildman–Crippen LogP) is 3.49. The topological polar surface area (TPSA) is 31.0 Å². The van der Waals surface area contributed by atoms with Gasteiger partial charge in [0.1, 0.15) is 4.60 Å². The Labute approximate surface area is 103 Å². The van der Waals surface area contributed by atoms with Gasteiger partial charge in [-0.15, -0.1) is 0 Å². The summed E-state index contributed by atoms with van der Waals surface area (Å²) in [7, 11) is 0. The molecule has 0 aromatic carbocycles. The molecule has 1 aliphatic heterocycles. The van der Waals surface area contributed by atoms with E-state index in [4.69, 9.17) is 4.42 Å². The van der Waals surface area contributed by atoms with E-state index >= 15 is 0 Å². The first-order valence-electron chi connectivity index (χ1n) is 5.54. The summed E-state index contributed by atoms with van der Waals surface area (Å²) in [4.78, 5) is 4.56. The van der Waals surface area contributed by atoms with E-state index in [1.807, 2.05) is 12.1 Å². The van der Waals surface area contributed by atoms with Crippen molar-refractivity contribution in [3.05, 3.63) is 28.7 Å². The Bertz CT molecular complexity index is 501. The number of imidazole rings is 1. The van der Waals surface area contributed by atoms with Crippen molar-refractivity contribution in [3.8, 4) is 11.6 Å². The van der Waals surface area contributed by atoms with Crippen LogP contribution in [-0.2, 0) is 13.0 Å². The fraction of sp³-hybridized carbons (Fsp3) is 0.417. The van der Waals surface area contributed by atoms with E-state index in [0.717, 1.165) is 29.2 Å². The molecule has 84 valence electrons. The third-order valence-corrected chi connectivity index (χ3v) is 3.77. The van der Waals surface area contributed by atoms with Crippen molar-refractivity contribution in [2.75, 3.05) is 0 Å². The summed E-state index contributed by atoms with van der Waals surface area (Å²) < 4.78 is 8.67. The number of furan rings is 1. The molecule has 0 saturated carbocycles. The van der Waals surface area contributed by atoms with Crippen molar-refractivity contribution >= 4 is 15.9 Å². The Morgan fingerprint density at radius 1 is 1.56 bits per heavy atom. The lowest BCUT2D eigenvalue weighted by Crippen LogP contribution is -2.18. The van der Waals surface area contributed by atoms with Crippen molar-refractivity contribution in [1.29, 1.82) is 0 Å².